The van der Waals surface area contributed by atoms with Crippen molar-refractivity contribution in [2.24, 2.45) is 13.0 Å². The summed E-state index contributed by atoms with van der Waals surface area (Å²) in [4.78, 5) is 24.6. The maximum absolute atomic E-state index is 12.8. The highest BCUT2D eigenvalue weighted by Gasteiger charge is 2.25. The Morgan fingerprint density at radius 2 is 1.91 bits per heavy atom. The van der Waals surface area contributed by atoms with Gasteiger partial charge in [0.2, 0.25) is 0 Å². The molecule has 3 rings (SSSR count). The number of ether oxygens (including phenoxy) is 1. The first-order valence-corrected chi connectivity index (χ1v) is 7.83. The van der Waals surface area contributed by atoms with Crippen molar-refractivity contribution in [2.75, 3.05) is 7.11 Å². The smallest absolute Gasteiger partial charge is 0.337 e. The number of esters is 1. The van der Waals surface area contributed by atoms with E-state index in [1.165, 1.54) is 13.5 Å². The van der Waals surface area contributed by atoms with Crippen molar-refractivity contribution < 1.29 is 14.3 Å². The fraction of sp³-hybridized carbons (Fsp3) is 0.444. The number of aromatic nitrogens is 1. The minimum Gasteiger partial charge on any atom is -0.465 e. The van der Waals surface area contributed by atoms with Gasteiger partial charge in [-0.2, -0.15) is 0 Å². The molecule has 0 amide bonds. The van der Waals surface area contributed by atoms with Gasteiger partial charge in [0.05, 0.1) is 12.7 Å². The second-order valence-electron chi connectivity index (χ2n) is 6.08. The molecule has 0 unspecified atom stereocenters. The maximum atomic E-state index is 12.8. The SMILES string of the molecule is COC(=O)c1ccc2c(c1)c(C(=O)C1CCCCC1)cn2C. The monoisotopic (exact) mass is 299 g/mol. The maximum Gasteiger partial charge on any atom is 0.337 e. The van der Waals surface area contributed by atoms with E-state index in [4.69, 9.17) is 4.74 Å². The van der Waals surface area contributed by atoms with Crippen LogP contribution in [0.4, 0.5) is 0 Å². The number of hydrogen-bond acceptors (Lipinski definition) is 3. The van der Waals surface area contributed by atoms with Crippen LogP contribution in [0, 0.1) is 5.92 Å². The van der Waals surface area contributed by atoms with E-state index >= 15 is 0 Å². The number of fused-ring (bicyclic) bond motifs is 1. The average molecular weight is 299 g/mol. The zero-order valence-electron chi connectivity index (χ0n) is 13.1. The van der Waals surface area contributed by atoms with Crippen LogP contribution in [0.1, 0.15) is 52.8 Å². The molecule has 1 saturated carbocycles. The summed E-state index contributed by atoms with van der Waals surface area (Å²) in [7, 11) is 3.30. The van der Waals surface area contributed by atoms with E-state index in [1.807, 2.05) is 23.9 Å². The predicted molar refractivity (Wildman–Crippen MR) is 85.2 cm³/mol. The summed E-state index contributed by atoms with van der Waals surface area (Å²) in [5, 5.41) is 0.848. The summed E-state index contributed by atoms with van der Waals surface area (Å²) in [6, 6.07) is 5.39. The third kappa shape index (κ3) is 2.54. The quantitative estimate of drug-likeness (QED) is 0.641. The Kier molecular flexibility index (Phi) is 4.01. The van der Waals surface area contributed by atoms with E-state index in [1.54, 1.807) is 12.1 Å². The van der Waals surface area contributed by atoms with Crippen LogP contribution in [-0.2, 0) is 11.8 Å². The number of Topliss-reactive ketones (excluding diaryl/α,β-unsaturated/α-hetero) is 1. The van der Waals surface area contributed by atoms with Gasteiger partial charge >= 0.3 is 5.97 Å². The fourth-order valence-electron chi connectivity index (χ4n) is 3.42. The molecule has 2 aromatic rings. The summed E-state index contributed by atoms with van der Waals surface area (Å²) in [6.07, 6.45) is 7.34. The first kappa shape index (κ1) is 14.8. The van der Waals surface area contributed by atoms with Crippen molar-refractivity contribution in [3.8, 4) is 0 Å². The first-order chi connectivity index (χ1) is 10.6. The Balaban J connectivity index is 2.04. The molecule has 1 fully saturated rings. The van der Waals surface area contributed by atoms with Gasteiger partial charge in [-0.25, -0.2) is 4.79 Å². The van der Waals surface area contributed by atoms with Crippen molar-refractivity contribution in [3.63, 3.8) is 0 Å². The van der Waals surface area contributed by atoms with Crippen LogP contribution in [0.5, 0.6) is 0 Å². The van der Waals surface area contributed by atoms with E-state index in [-0.39, 0.29) is 17.7 Å². The van der Waals surface area contributed by atoms with Crippen LogP contribution in [-0.4, -0.2) is 23.4 Å². The number of benzene rings is 1. The highest BCUT2D eigenvalue weighted by Crippen LogP contribution is 2.31. The molecule has 22 heavy (non-hydrogen) atoms. The van der Waals surface area contributed by atoms with Gasteiger partial charge in [0, 0.05) is 35.6 Å². The van der Waals surface area contributed by atoms with E-state index in [0.29, 0.717) is 5.56 Å². The molecule has 4 heteroatoms. The van der Waals surface area contributed by atoms with E-state index in [0.717, 1.165) is 42.1 Å². The molecular formula is C18H21NO3. The van der Waals surface area contributed by atoms with Gasteiger partial charge in [-0.15, -0.1) is 0 Å². The average Bonchev–Trinajstić information content (AvgIpc) is 2.90. The molecule has 0 N–H and O–H groups in total. The Labute approximate surface area is 130 Å². The standard InChI is InChI=1S/C18H21NO3/c1-19-11-15(17(20)12-6-4-3-5-7-12)14-10-13(18(21)22-2)8-9-16(14)19/h8-12H,3-7H2,1-2H3. The van der Waals surface area contributed by atoms with Crippen molar-refractivity contribution in [1.82, 2.24) is 4.57 Å². The minimum absolute atomic E-state index is 0.126. The molecule has 0 atom stereocenters. The molecule has 116 valence electrons. The van der Waals surface area contributed by atoms with Crippen molar-refractivity contribution in [1.29, 1.82) is 0 Å². The lowest BCUT2D eigenvalue weighted by Gasteiger charge is -2.19. The fourth-order valence-corrected chi connectivity index (χ4v) is 3.42. The number of ketones is 1. The molecule has 1 aliphatic rings. The number of methoxy groups -OCH3 is 1. The molecule has 4 nitrogen and oxygen atoms in total. The molecule has 1 aliphatic carbocycles. The normalized spacial score (nSPS) is 15.9. The molecule has 0 saturated heterocycles. The molecule has 0 radical (unpaired) electrons. The van der Waals surface area contributed by atoms with Gasteiger partial charge < -0.3 is 9.30 Å². The molecule has 1 aromatic heterocycles. The highest BCUT2D eigenvalue weighted by atomic mass is 16.5. The van der Waals surface area contributed by atoms with Crippen molar-refractivity contribution in [2.45, 2.75) is 32.1 Å². The Bertz CT molecular complexity index is 723. The van der Waals surface area contributed by atoms with Crippen LogP contribution in [0.25, 0.3) is 10.9 Å². The third-order valence-electron chi connectivity index (χ3n) is 4.65. The van der Waals surface area contributed by atoms with E-state index in [2.05, 4.69) is 0 Å². The summed E-state index contributed by atoms with van der Waals surface area (Å²) in [5.41, 5.74) is 2.18. The Morgan fingerprint density at radius 3 is 2.59 bits per heavy atom. The van der Waals surface area contributed by atoms with E-state index in [9.17, 15) is 9.59 Å². The largest absolute Gasteiger partial charge is 0.465 e. The second-order valence-corrected chi connectivity index (χ2v) is 6.08. The number of carbonyl (C=O) groups is 2. The Morgan fingerprint density at radius 1 is 1.18 bits per heavy atom. The lowest BCUT2D eigenvalue weighted by Crippen LogP contribution is -2.17. The van der Waals surface area contributed by atoms with Gasteiger partial charge in [-0.1, -0.05) is 19.3 Å². The van der Waals surface area contributed by atoms with Gasteiger partial charge in [-0.3, -0.25) is 4.79 Å². The summed E-state index contributed by atoms with van der Waals surface area (Å²) >= 11 is 0. The van der Waals surface area contributed by atoms with Crippen LogP contribution in [0.2, 0.25) is 0 Å². The first-order valence-electron chi connectivity index (χ1n) is 7.83. The summed E-state index contributed by atoms with van der Waals surface area (Å²) in [5.74, 6) is -0.0322. The number of rotatable bonds is 3. The lowest BCUT2D eigenvalue weighted by atomic mass is 9.84. The third-order valence-corrected chi connectivity index (χ3v) is 4.65. The van der Waals surface area contributed by atoms with Gasteiger partial charge in [0.25, 0.3) is 0 Å². The zero-order valence-corrected chi connectivity index (χ0v) is 13.1. The van der Waals surface area contributed by atoms with Crippen LogP contribution in [0.3, 0.4) is 0 Å². The van der Waals surface area contributed by atoms with Gasteiger partial charge in [0.15, 0.2) is 5.78 Å². The molecule has 0 spiro atoms. The molecule has 0 aliphatic heterocycles. The highest BCUT2D eigenvalue weighted by molar-refractivity contribution is 6.10. The summed E-state index contributed by atoms with van der Waals surface area (Å²) in [6.45, 7) is 0. The van der Waals surface area contributed by atoms with Crippen LogP contribution >= 0.6 is 0 Å². The van der Waals surface area contributed by atoms with Crippen LogP contribution < -0.4 is 0 Å². The molecule has 1 heterocycles. The molecule has 1 aromatic carbocycles. The topological polar surface area (TPSA) is 48.3 Å². The second kappa shape index (κ2) is 5.95. The number of carbonyl (C=O) groups excluding carboxylic acids is 2. The lowest BCUT2D eigenvalue weighted by molar-refractivity contribution is 0.0600. The molecule has 0 bridgehead atoms. The zero-order chi connectivity index (χ0) is 15.7. The Hall–Kier alpha value is -2.10. The van der Waals surface area contributed by atoms with Crippen LogP contribution in [0.15, 0.2) is 24.4 Å². The van der Waals surface area contributed by atoms with Gasteiger partial charge in [0.1, 0.15) is 0 Å². The van der Waals surface area contributed by atoms with Crippen molar-refractivity contribution >= 4 is 22.7 Å². The number of hydrogen-bond donors (Lipinski definition) is 0. The minimum atomic E-state index is -0.373. The van der Waals surface area contributed by atoms with Crippen molar-refractivity contribution in [3.05, 3.63) is 35.5 Å². The van der Waals surface area contributed by atoms with E-state index < -0.39 is 0 Å². The van der Waals surface area contributed by atoms with Gasteiger partial charge in [-0.05, 0) is 31.0 Å². The molecular weight excluding hydrogens is 278 g/mol. The summed E-state index contributed by atoms with van der Waals surface area (Å²) < 4.78 is 6.73. The number of nitrogens with zero attached hydrogens (tertiary/aromatic N) is 1. The predicted octanol–water partition coefficient (Wildman–Crippen LogP) is 3.73. The number of aryl methyl sites for hydroxylation is 1.